The highest BCUT2D eigenvalue weighted by molar-refractivity contribution is 7.89. The highest BCUT2D eigenvalue weighted by Crippen LogP contribution is 2.37. The summed E-state index contributed by atoms with van der Waals surface area (Å²) in [5.41, 5.74) is -3.78. The number of esters is 2. The van der Waals surface area contributed by atoms with Crippen molar-refractivity contribution in [2.75, 3.05) is 13.2 Å². The van der Waals surface area contributed by atoms with Gasteiger partial charge in [-0.15, -0.1) is 0 Å². The lowest BCUT2D eigenvalue weighted by Crippen LogP contribution is -2.48. The summed E-state index contributed by atoms with van der Waals surface area (Å²) in [5, 5.41) is 0. The molecule has 1 rings (SSSR count). The number of rotatable bonds is 7. The molecule has 7 nitrogen and oxygen atoms in total. The number of nitrogens with one attached hydrogen (secondary N) is 1. The van der Waals surface area contributed by atoms with E-state index < -0.39 is 56.4 Å². The summed E-state index contributed by atoms with van der Waals surface area (Å²) < 4.78 is 113. The highest BCUT2D eigenvalue weighted by Gasteiger charge is 2.40. The van der Waals surface area contributed by atoms with Crippen molar-refractivity contribution in [1.82, 2.24) is 4.72 Å². The summed E-state index contributed by atoms with van der Waals surface area (Å²) in [5.74, 6) is -2.89. The van der Waals surface area contributed by atoms with Crippen LogP contribution in [-0.2, 0) is 41.4 Å². The Morgan fingerprint density at radius 1 is 0.897 bits per heavy atom. The maximum Gasteiger partial charge on any atom is 0.416 e. The summed E-state index contributed by atoms with van der Waals surface area (Å²) in [6.45, 7) is 2.05. The van der Waals surface area contributed by atoms with E-state index in [9.17, 15) is 44.3 Å². The lowest BCUT2D eigenvalue weighted by Gasteiger charge is -2.18. The fraction of sp³-hybridized carbons (Fsp3) is 0.467. The van der Waals surface area contributed by atoms with Crippen LogP contribution in [0.4, 0.5) is 26.3 Å². The standard InChI is InChI=1S/C15H15F6NO6S/c1-3-27-12(23)11(13(24)28-4-2)22-29(25,26)10-6-8(14(16,17)18)5-9(7-10)15(19,20)21/h5-7,11,22H,3-4H2,1-2H3. The summed E-state index contributed by atoms with van der Waals surface area (Å²) in [6, 6.07) is -2.73. The molecule has 0 aliphatic heterocycles. The second-order valence-corrected chi connectivity index (χ2v) is 7.01. The summed E-state index contributed by atoms with van der Waals surface area (Å²) >= 11 is 0. The summed E-state index contributed by atoms with van der Waals surface area (Å²) in [6.07, 6.45) is -10.6. The van der Waals surface area contributed by atoms with Crippen molar-refractivity contribution >= 4 is 22.0 Å². The topological polar surface area (TPSA) is 98.8 Å². The maximum atomic E-state index is 12.9. The molecule has 0 amide bonds. The third-order valence-corrected chi connectivity index (χ3v) is 4.59. The first-order valence-electron chi connectivity index (χ1n) is 7.78. The van der Waals surface area contributed by atoms with Crippen molar-refractivity contribution in [2.45, 2.75) is 37.1 Å². The van der Waals surface area contributed by atoms with Gasteiger partial charge in [0.1, 0.15) is 0 Å². The number of carbonyl (C=O) groups is 2. The van der Waals surface area contributed by atoms with Gasteiger partial charge in [-0.05, 0) is 32.0 Å². The Balaban J connectivity index is 3.49. The van der Waals surface area contributed by atoms with Crippen LogP contribution >= 0.6 is 0 Å². The second-order valence-electron chi connectivity index (χ2n) is 5.30. The average molecular weight is 451 g/mol. The monoisotopic (exact) mass is 451 g/mol. The van der Waals surface area contributed by atoms with Gasteiger partial charge in [-0.25, -0.2) is 18.0 Å². The zero-order valence-corrected chi connectivity index (χ0v) is 15.7. The first-order valence-corrected chi connectivity index (χ1v) is 9.26. The molecule has 0 aromatic heterocycles. The highest BCUT2D eigenvalue weighted by atomic mass is 32.2. The minimum absolute atomic E-state index is 0.0645. The molecule has 0 unspecified atom stereocenters. The molecule has 0 saturated carbocycles. The van der Waals surface area contributed by atoms with E-state index in [2.05, 4.69) is 9.47 Å². The number of ether oxygens (including phenoxy) is 2. The largest absolute Gasteiger partial charge is 0.464 e. The minimum Gasteiger partial charge on any atom is -0.464 e. The van der Waals surface area contributed by atoms with Crippen molar-refractivity contribution in [2.24, 2.45) is 0 Å². The summed E-state index contributed by atoms with van der Waals surface area (Å²) in [7, 11) is -5.20. The Labute approximate surface area is 161 Å². The van der Waals surface area contributed by atoms with E-state index >= 15 is 0 Å². The normalized spacial score (nSPS) is 12.7. The van der Waals surface area contributed by atoms with Crippen LogP contribution in [0.1, 0.15) is 25.0 Å². The first kappa shape index (κ1) is 24.7. The molecular weight excluding hydrogens is 436 g/mol. The van der Waals surface area contributed by atoms with E-state index in [4.69, 9.17) is 0 Å². The molecule has 0 bridgehead atoms. The van der Waals surface area contributed by atoms with Crippen molar-refractivity contribution in [1.29, 1.82) is 0 Å². The third kappa shape index (κ3) is 6.59. The fourth-order valence-corrected chi connectivity index (χ4v) is 3.15. The molecule has 0 saturated heterocycles. The Hall–Kier alpha value is -2.35. The molecule has 0 atom stereocenters. The smallest absolute Gasteiger partial charge is 0.416 e. The molecule has 29 heavy (non-hydrogen) atoms. The van der Waals surface area contributed by atoms with Crippen LogP contribution < -0.4 is 4.72 Å². The van der Waals surface area contributed by atoms with E-state index in [1.165, 1.54) is 18.6 Å². The van der Waals surface area contributed by atoms with Crippen LogP contribution in [0.2, 0.25) is 0 Å². The number of benzene rings is 1. The molecule has 14 heteroatoms. The zero-order chi connectivity index (χ0) is 22.6. The van der Waals surface area contributed by atoms with Gasteiger partial charge in [0, 0.05) is 0 Å². The lowest BCUT2D eigenvalue weighted by atomic mass is 10.1. The molecule has 0 aliphatic carbocycles. The number of alkyl halides is 6. The van der Waals surface area contributed by atoms with E-state index in [1.807, 2.05) is 0 Å². The van der Waals surface area contributed by atoms with E-state index in [0.717, 1.165) is 0 Å². The molecule has 1 aromatic rings. The Morgan fingerprint density at radius 2 is 1.28 bits per heavy atom. The van der Waals surface area contributed by atoms with Gasteiger partial charge in [-0.3, -0.25) is 0 Å². The van der Waals surface area contributed by atoms with Crippen molar-refractivity contribution in [3.05, 3.63) is 29.3 Å². The molecule has 0 spiro atoms. The van der Waals surface area contributed by atoms with E-state index in [1.54, 1.807) is 0 Å². The predicted molar refractivity (Wildman–Crippen MR) is 83.8 cm³/mol. The zero-order valence-electron chi connectivity index (χ0n) is 14.8. The number of carbonyl (C=O) groups excluding carboxylic acids is 2. The maximum absolute atomic E-state index is 12.9. The van der Waals surface area contributed by atoms with Crippen LogP contribution in [0.5, 0.6) is 0 Å². The van der Waals surface area contributed by atoms with Crippen LogP contribution in [0.25, 0.3) is 0 Å². The Kier molecular flexibility index (Phi) is 7.65. The molecule has 164 valence electrons. The second kappa shape index (κ2) is 8.98. The quantitative estimate of drug-likeness (QED) is 0.389. The van der Waals surface area contributed by atoms with Gasteiger partial charge < -0.3 is 9.47 Å². The third-order valence-electron chi connectivity index (χ3n) is 3.19. The molecule has 0 heterocycles. The summed E-state index contributed by atoms with van der Waals surface area (Å²) in [4.78, 5) is 22.2. The number of sulfonamides is 1. The molecule has 1 aromatic carbocycles. The van der Waals surface area contributed by atoms with Gasteiger partial charge in [0.25, 0.3) is 0 Å². The number of hydrogen-bond donors (Lipinski definition) is 1. The predicted octanol–water partition coefficient (Wildman–Crippen LogP) is 2.50. The number of hydrogen-bond acceptors (Lipinski definition) is 6. The first-order chi connectivity index (χ1) is 13.1. The van der Waals surface area contributed by atoms with Gasteiger partial charge in [-0.1, -0.05) is 0 Å². The lowest BCUT2D eigenvalue weighted by molar-refractivity contribution is -0.157. The van der Waals surface area contributed by atoms with Crippen molar-refractivity contribution in [3.63, 3.8) is 0 Å². The number of halogens is 6. The fourth-order valence-electron chi connectivity index (χ4n) is 1.95. The van der Waals surface area contributed by atoms with Crippen LogP contribution in [0.3, 0.4) is 0 Å². The van der Waals surface area contributed by atoms with Gasteiger partial charge in [0.05, 0.1) is 29.2 Å². The van der Waals surface area contributed by atoms with Crippen LogP contribution in [-0.4, -0.2) is 39.6 Å². The average Bonchev–Trinajstić information content (AvgIpc) is 2.58. The van der Waals surface area contributed by atoms with Gasteiger partial charge >= 0.3 is 24.3 Å². The SMILES string of the molecule is CCOC(=O)C(NS(=O)(=O)c1cc(C(F)(F)F)cc(C(F)(F)F)c1)C(=O)OCC. The van der Waals surface area contributed by atoms with E-state index in [0.29, 0.717) is 0 Å². The van der Waals surface area contributed by atoms with Crippen molar-refractivity contribution in [3.8, 4) is 0 Å². The molecule has 0 aliphatic rings. The Bertz CT molecular complexity index is 815. The Morgan fingerprint density at radius 3 is 1.59 bits per heavy atom. The van der Waals surface area contributed by atoms with Gasteiger partial charge in [-0.2, -0.15) is 31.1 Å². The van der Waals surface area contributed by atoms with Crippen LogP contribution in [0.15, 0.2) is 23.1 Å². The molecule has 0 fully saturated rings. The van der Waals surface area contributed by atoms with Gasteiger partial charge in [0.2, 0.25) is 16.1 Å². The molecular formula is C15H15F6NO6S. The molecule has 0 radical (unpaired) electrons. The molecule has 1 N–H and O–H groups in total. The van der Waals surface area contributed by atoms with Crippen molar-refractivity contribution < 1.29 is 53.8 Å². The minimum atomic E-state index is -5.30. The van der Waals surface area contributed by atoms with Gasteiger partial charge in [0.15, 0.2) is 0 Å². The van der Waals surface area contributed by atoms with E-state index in [-0.39, 0.29) is 31.4 Å². The van der Waals surface area contributed by atoms with Crippen LogP contribution in [0, 0.1) is 0 Å².